The minimum Gasteiger partial charge on any atom is -0.389 e. The maximum atomic E-state index is 16.4. The summed E-state index contributed by atoms with van der Waals surface area (Å²) in [6.45, 7) is 6.53. The van der Waals surface area contributed by atoms with Crippen molar-refractivity contribution in [1.82, 2.24) is 24.6 Å². The molecule has 234 valence electrons. The fourth-order valence-corrected chi connectivity index (χ4v) is 6.27. The molecule has 1 amide bonds. The second-order valence-corrected chi connectivity index (χ2v) is 11.8. The Bertz CT molecular complexity index is 2030. The van der Waals surface area contributed by atoms with Crippen LogP contribution in [0.3, 0.4) is 0 Å². The molecule has 1 aliphatic rings. The summed E-state index contributed by atoms with van der Waals surface area (Å²) in [6.07, 6.45) is -4.25. The van der Waals surface area contributed by atoms with Crippen LogP contribution >= 0.6 is 11.3 Å². The minimum absolute atomic E-state index is 0.0751. The summed E-state index contributed by atoms with van der Waals surface area (Å²) in [5.41, 5.74) is 5.67. The van der Waals surface area contributed by atoms with Gasteiger partial charge in [0.05, 0.1) is 40.3 Å². The van der Waals surface area contributed by atoms with Crippen LogP contribution in [-0.2, 0) is 24.1 Å². The van der Waals surface area contributed by atoms with Crippen molar-refractivity contribution in [2.24, 2.45) is 0 Å². The smallest absolute Gasteiger partial charge is 0.389 e. The summed E-state index contributed by atoms with van der Waals surface area (Å²) in [6, 6.07) is 4.64. The average Bonchev–Trinajstić information content (AvgIpc) is 3.48. The number of fused-ring (bicyclic) bond motifs is 3. The summed E-state index contributed by atoms with van der Waals surface area (Å²) in [5.74, 6) is -1.68. The second kappa shape index (κ2) is 11.6. The van der Waals surface area contributed by atoms with Crippen LogP contribution in [0.25, 0.3) is 32.1 Å². The van der Waals surface area contributed by atoms with Gasteiger partial charge in [0.15, 0.2) is 5.82 Å². The predicted molar refractivity (Wildman–Crippen MR) is 162 cm³/mol. The Balaban J connectivity index is 0.000000743. The number of anilines is 2. The fourth-order valence-electron chi connectivity index (χ4n) is 5.32. The summed E-state index contributed by atoms with van der Waals surface area (Å²) in [7, 11) is 3.38. The standard InChI is InChI=1S/C27H20F5N7S.C3H7NO/c1-11-12(2)37-39-7-6-38(10-19(11)39)26-15-8-17(27(30,31)32)21(22(29)23(15)35-13(3)36-26)14-4-5-18(28)24-20(14)16(9-33)25(34)40-24;1-4(2)3-5/h4-5,8H,6-7,10,34H2,1-3H3;3H,1-2H3. The molecule has 0 spiro atoms. The Hall–Kier alpha value is -4.84. The molecule has 0 bridgehead atoms. The number of benzene rings is 2. The van der Waals surface area contributed by atoms with Crippen molar-refractivity contribution in [3.63, 3.8) is 0 Å². The van der Waals surface area contributed by atoms with Crippen molar-refractivity contribution in [1.29, 1.82) is 5.26 Å². The van der Waals surface area contributed by atoms with Gasteiger partial charge in [0, 0.05) is 37.0 Å². The van der Waals surface area contributed by atoms with E-state index in [-0.39, 0.29) is 48.8 Å². The first-order valence-corrected chi connectivity index (χ1v) is 14.4. The summed E-state index contributed by atoms with van der Waals surface area (Å²) in [5, 5.41) is 13.8. The van der Waals surface area contributed by atoms with Crippen LogP contribution in [0.5, 0.6) is 0 Å². The number of aromatic nitrogens is 4. The van der Waals surface area contributed by atoms with E-state index in [1.165, 1.54) is 11.8 Å². The molecule has 45 heavy (non-hydrogen) atoms. The first-order valence-electron chi connectivity index (χ1n) is 13.6. The first-order chi connectivity index (χ1) is 21.2. The van der Waals surface area contributed by atoms with Crippen LogP contribution in [0.4, 0.5) is 32.8 Å². The highest BCUT2D eigenvalue weighted by molar-refractivity contribution is 7.23. The summed E-state index contributed by atoms with van der Waals surface area (Å²) in [4.78, 5) is 21.3. The van der Waals surface area contributed by atoms with E-state index in [4.69, 9.17) is 5.73 Å². The topological polar surface area (TPSA) is 117 Å². The van der Waals surface area contributed by atoms with E-state index in [2.05, 4.69) is 15.1 Å². The lowest BCUT2D eigenvalue weighted by Gasteiger charge is -2.30. The monoisotopic (exact) mass is 642 g/mol. The van der Waals surface area contributed by atoms with Crippen LogP contribution < -0.4 is 10.6 Å². The number of hydrogen-bond acceptors (Lipinski definition) is 8. The third kappa shape index (κ3) is 5.50. The van der Waals surface area contributed by atoms with E-state index in [1.54, 1.807) is 19.0 Å². The Morgan fingerprint density at radius 1 is 1.13 bits per heavy atom. The lowest BCUT2D eigenvalue weighted by Crippen LogP contribution is -2.35. The Kier molecular flexibility index (Phi) is 8.13. The van der Waals surface area contributed by atoms with Crippen molar-refractivity contribution in [2.45, 2.75) is 40.0 Å². The number of carbonyl (C=O) groups is 1. The molecule has 0 radical (unpaired) electrons. The quantitative estimate of drug-likeness (QED) is 0.187. The molecule has 2 N–H and O–H groups in total. The van der Waals surface area contributed by atoms with Crippen molar-refractivity contribution < 1.29 is 26.7 Å². The number of nitriles is 1. The van der Waals surface area contributed by atoms with Gasteiger partial charge < -0.3 is 15.5 Å². The molecule has 0 unspecified atom stereocenters. The fraction of sp³-hybridized carbons (Fsp3) is 0.300. The normalized spacial score (nSPS) is 13.0. The lowest BCUT2D eigenvalue weighted by molar-refractivity contribution is -0.137. The number of hydrogen-bond donors (Lipinski definition) is 1. The van der Waals surface area contributed by atoms with Crippen molar-refractivity contribution >= 4 is 49.6 Å². The number of nitrogens with two attached hydrogens (primary N) is 1. The zero-order valence-corrected chi connectivity index (χ0v) is 25.7. The molecular formula is C30H27F5N8OS. The molecule has 2 aromatic carbocycles. The SMILES string of the molecule is CN(C)C=O.Cc1nc(N2CCn3nc(C)c(C)c3C2)c2cc(C(F)(F)F)c(-c3ccc(F)c4sc(N)c(C#N)c34)c(F)c2n1. The maximum Gasteiger partial charge on any atom is 0.417 e. The van der Waals surface area contributed by atoms with E-state index in [0.29, 0.717) is 19.6 Å². The molecule has 9 nitrogen and oxygen atoms in total. The van der Waals surface area contributed by atoms with E-state index in [9.17, 15) is 27.6 Å². The first kappa shape index (κ1) is 31.6. The number of halogens is 5. The largest absolute Gasteiger partial charge is 0.417 e. The molecule has 3 aromatic heterocycles. The van der Waals surface area contributed by atoms with Crippen LogP contribution in [0.2, 0.25) is 0 Å². The summed E-state index contributed by atoms with van der Waals surface area (Å²) < 4.78 is 76.7. The zero-order valence-electron chi connectivity index (χ0n) is 24.8. The van der Waals surface area contributed by atoms with E-state index < -0.39 is 28.9 Å². The van der Waals surface area contributed by atoms with Gasteiger partial charge in [-0.25, -0.2) is 18.7 Å². The minimum atomic E-state index is -5.00. The zero-order chi connectivity index (χ0) is 33.0. The molecule has 0 fully saturated rings. The third-order valence-corrected chi connectivity index (χ3v) is 8.55. The number of rotatable bonds is 3. The van der Waals surface area contributed by atoms with Gasteiger partial charge in [-0.1, -0.05) is 6.07 Å². The lowest BCUT2D eigenvalue weighted by atomic mass is 9.92. The van der Waals surface area contributed by atoms with Crippen LogP contribution in [0.1, 0.15) is 33.9 Å². The Morgan fingerprint density at radius 2 is 1.82 bits per heavy atom. The molecule has 0 atom stereocenters. The van der Waals surface area contributed by atoms with Crippen molar-refractivity contribution in [3.8, 4) is 17.2 Å². The van der Waals surface area contributed by atoms with Gasteiger partial charge in [0.25, 0.3) is 0 Å². The van der Waals surface area contributed by atoms with Gasteiger partial charge in [-0.2, -0.15) is 23.5 Å². The molecule has 1 aliphatic heterocycles. The van der Waals surface area contributed by atoms with Crippen LogP contribution in [0.15, 0.2) is 18.2 Å². The molecular weight excluding hydrogens is 615 g/mol. The second-order valence-electron chi connectivity index (χ2n) is 10.7. The van der Waals surface area contributed by atoms with Gasteiger partial charge in [-0.3, -0.25) is 9.48 Å². The Morgan fingerprint density at radius 3 is 2.44 bits per heavy atom. The highest BCUT2D eigenvalue weighted by atomic mass is 32.1. The molecule has 6 rings (SSSR count). The van der Waals surface area contributed by atoms with E-state index >= 15 is 4.39 Å². The van der Waals surface area contributed by atoms with E-state index in [0.717, 1.165) is 52.9 Å². The number of carbonyl (C=O) groups excluding carboxylic acids is 1. The maximum absolute atomic E-state index is 16.4. The van der Waals surface area contributed by atoms with Gasteiger partial charge in [-0.15, -0.1) is 11.3 Å². The summed E-state index contributed by atoms with van der Waals surface area (Å²) >= 11 is 0.720. The molecule has 0 aliphatic carbocycles. The number of alkyl halides is 3. The van der Waals surface area contributed by atoms with Crippen LogP contribution in [0, 0.1) is 43.7 Å². The van der Waals surface area contributed by atoms with E-state index in [1.807, 2.05) is 24.6 Å². The molecule has 4 heterocycles. The van der Waals surface area contributed by atoms with Crippen LogP contribution in [-0.4, -0.2) is 51.7 Å². The van der Waals surface area contributed by atoms with Gasteiger partial charge in [0.2, 0.25) is 6.41 Å². The highest BCUT2D eigenvalue weighted by Gasteiger charge is 2.38. The molecule has 0 saturated carbocycles. The van der Waals surface area contributed by atoms with Gasteiger partial charge in [-0.05, 0) is 44.0 Å². The highest BCUT2D eigenvalue weighted by Crippen LogP contribution is 2.48. The van der Waals surface area contributed by atoms with Crippen molar-refractivity contribution in [3.05, 3.63) is 63.7 Å². The molecule has 15 heteroatoms. The number of thiophene rings is 1. The number of nitrogens with zero attached hydrogens (tertiary/aromatic N) is 7. The number of amides is 1. The molecule has 5 aromatic rings. The number of nitrogen functional groups attached to an aromatic ring is 1. The van der Waals surface area contributed by atoms with Gasteiger partial charge >= 0.3 is 6.18 Å². The number of aryl methyl sites for hydroxylation is 2. The van der Waals surface area contributed by atoms with Gasteiger partial charge in [0.1, 0.15) is 34.0 Å². The van der Waals surface area contributed by atoms with Crippen molar-refractivity contribution in [2.75, 3.05) is 31.3 Å². The predicted octanol–water partition coefficient (Wildman–Crippen LogP) is 6.11. The average molecular weight is 643 g/mol. The Labute approximate surface area is 258 Å². The third-order valence-electron chi connectivity index (χ3n) is 7.52. The molecule has 0 saturated heterocycles.